The molecule has 0 spiro atoms. The number of carbonyl (C=O) groups excluding carboxylic acids is 1. The van der Waals surface area contributed by atoms with E-state index in [9.17, 15) is 4.79 Å². The van der Waals surface area contributed by atoms with Gasteiger partial charge in [0.25, 0.3) is 5.91 Å². The van der Waals surface area contributed by atoms with Gasteiger partial charge in [-0.3, -0.25) is 4.79 Å². The van der Waals surface area contributed by atoms with Crippen molar-refractivity contribution in [2.75, 3.05) is 6.54 Å². The van der Waals surface area contributed by atoms with Crippen LogP contribution in [0, 0.1) is 0 Å². The molecule has 1 saturated heterocycles. The van der Waals surface area contributed by atoms with E-state index in [0.717, 1.165) is 17.4 Å². The number of likely N-dealkylation sites (tertiary alicyclic amines) is 1. The maximum atomic E-state index is 12.5. The van der Waals surface area contributed by atoms with Gasteiger partial charge in [-0.15, -0.1) is 0 Å². The Kier molecular flexibility index (Phi) is 3.27. The zero-order chi connectivity index (χ0) is 12.6. The van der Waals surface area contributed by atoms with Crippen molar-refractivity contribution in [1.29, 1.82) is 0 Å². The van der Waals surface area contributed by atoms with Gasteiger partial charge in [-0.25, -0.2) is 0 Å². The maximum absolute atomic E-state index is 12.5. The van der Waals surface area contributed by atoms with E-state index in [1.807, 2.05) is 43.0 Å². The molecule has 0 radical (unpaired) electrons. The van der Waals surface area contributed by atoms with Gasteiger partial charge in [-0.1, -0.05) is 12.1 Å². The van der Waals surface area contributed by atoms with Crippen molar-refractivity contribution in [3.8, 4) is 0 Å². The fourth-order valence-electron chi connectivity index (χ4n) is 2.25. The average molecular weight is 297 g/mol. The molecule has 1 heterocycles. The molecule has 1 amide bonds. The van der Waals surface area contributed by atoms with Crippen LogP contribution in [-0.2, 0) is 0 Å². The summed E-state index contributed by atoms with van der Waals surface area (Å²) in [5.41, 5.74) is 6.48. The predicted molar refractivity (Wildman–Crippen MR) is 71.8 cm³/mol. The summed E-state index contributed by atoms with van der Waals surface area (Å²) in [5, 5.41) is 0. The molecule has 0 aromatic heterocycles. The van der Waals surface area contributed by atoms with E-state index in [-0.39, 0.29) is 17.5 Å². The topological polar surface area (TPSA) is 46.3 Å². The van der Waals surface area contributed by atoms with Crippen LogP contribution in [0.15, 0.2) is 28.7 Å². The third kappa shape index (κ3) is 2.11. The van der Waals surface area contributed by atoms with E-state index < -0.39 is 0 Å². The molecule has 1 atom stereocenters. The standard InChI is InChI=1S/C13H17BrN2O/c1-13(2)11(15)7-8-16(13)12(17)9-5-3-4-6-10(9)14/h3-6,11H,7-8,15H2,1-2H3. The minimum absolute atomic E-state index is 0.0499. The molecule has 92 valence electrons. The number of benzene rings is 1. The molecule has 2 rings (SSSR count). The molecule has 2 N–H and O–H groups in total. The van der Waals surface area contributed by atoms with Gasteiger partial charge in [0.05, 0.1) is 11.1 Å². The van der Waals surface area contributed by atoms with Gasteiger partial charge in [0.1, 0.15) is 0 Å². The number of hydrogen-bond acceptors (Lipinski definition) is 2. The number of hydrogen-bond donors (Lipinski definition) is 1. The van der Waals surface area contributed by atoms with Crippen molar-refractivity contribution in [1.82, 2.24) is 4.90 Å². The van der Waals surface area contributed by atoms with Crippen LogP contribution >= 0.6 is 15.9 Å². The van der Waals surface area contributed by atoms with Crippen LogP contribution in [-0.4, -0.2) is 28.9 Å². The SMILES string of the molecule is CC1(C)C(N)CCN1C(=O)c1ccccc1Br. The van der Waals surface area contributed by atoms with Crippen LogP contribution in [0.5, 0.6) is 0 Å². The fraction of sp³-hybridized carbons (Fsp3) is 0.462. The van der Waals surface area contributed by atoms with Crippen LogP contribution in [0.25, 0.3) is 0 Å². The Hall–Kier alpha value is -0.870. The second-order valence-electron chi connectivity index (χ2n) is 4.99. The van der Waals surface area contributed by atoms with Crippen LogP contribution in [0.4, 0.5) is 0 Å². The van der Waals surface area contributed by atoms with Crippen LogP contribution in [0.1, 0.15) is 30.6 Å². The summed E-state index contributed by atoms with van der Waals surface area (Å²) in [6, 6.07) is 7.56. The molecular formula is C13H17BrN2O. The first-order chi connectivity index (χ1) is 7.94. The molecule has 1 aromatic rings. The molecule has 1 aliphatic rings. The van der Waals surface area contributed by atoms with Crippen molar-refractivity contribution < 1.29 is 4.79 Å². The van der Waals surface area contributed by atoms with Crippen LogP contribution < -0.4 is 5.73 Å². The van der Waals surface area contributed by atoms with Gasteiger partial charge in [0, 0.05) is 17.1 Å². The lowest BCUT2D eigenvalue weighted by Gasteiger charge is -2.34. The number of carbonyl (C=O) groups is 1. The van der Waals surface area contributed by atoms with E-state index in [0.29, 0.717) is 5.56 Å². The highest BCUT2D eigenvalue weighted by molar-refractivity contribution is 9.10. The van der Waals surface area contributed by atoms with Crippen LogP contribution in [0.2, 0.25) is 0 Å². The normalized spacial score (nSPS) is 22.8. The minimum Gasteiger partial charge on any atom is -0.332 e. The summed E-state index contributed by atoms with van der Waals surface area (Å²) in [6.45, 7) is 4.78. The molecule has 3 nitrogen and oxygen atoms in total. The summed E-state index contributed by atoms with van der Waals surface area (Å²) < 4.78 is 0.835. The highest BCUT2D eigenvalue weighted by Gasteiger charge is 2.42. The zero-order valence-corrected chi connectivity index (χ0v) is 11.7. The average Bonchev–Trinajstić information content (AvgIpc) is 2.54. The number of amides is 1. The second-order valence-corrected chi connectivity index (χ2v) is 5.84. The predicted octanol–water partition coefficient (Wildman–Crippen LogP) is 2.40. The maximum Gasteiger partial charge on any atom is 0.255 e. The molecule has 0 aliphatic carbocycles. The third-order valence-corrected chi connectivity index (χ3v) is 4.31. The highest BCUT2D eigenvalue weighted by atomic mass is 79.9. The van der Waals surface area contributed by atoms with Crippen molar-refractivity contribution in [2.45, 2.75) is 31.8 Å². The minimum atomic E-state index is -0.271. The van der Waals surface area contributed by atoms with Gasteiger partial charge in [0.15, 0.2) is 0 Å². The first-order valence-electron chi connectivity index (χ1n) is 5.76. The van der Waals surface area contributed by atoms with Crippen molar-refractivity contribution in [3.05, 3.63) is 34.3 Å². The zero-order valence-electron chi connectivity index (χ0n) is 10.1. The molecule has 1 fully saturated rings. The van der Waals surface area contributed by atoms with Crippen LogP contribution in [0.3, 0.4) is 0 Å². The van der Waals surface area contributed by atoms with Gasteiger partial charge in [-0.05, 0) is 48.3 Å². The lowest BCUT2D eigenvalue weighted by molar-refractivity contribution is 0.0636. The van der Waals surface area contributed by atoms with Crippen molar-refractivity contribution >= 4 is 21.8 Å². The summed E-state index contributed by atoms with van der Waals surface area (Å²) in [7, 11) is 0. The van der Waals surface area contributed by atoms with Gasteiger partial charge < -0.3 is 10.6 Å². The molecule has 0 saturated carbocycles. The molecular weight excluding hydrogens is 280 g/mol. The van der Waals surface area contributed by atoms with Crippen molar-refractivity contribution in [3.63, 3.8) is 0 Å². The molecule has 17 heavy (non-hydrogen) atoms. The highest BCUT2D eigenvalue weighted by Crippen LogP contribution is 2.30. The molecule has 0 bridgehead atoms. The fourth-order valence-corrected chi connectivity index (χ4v) is 2.71. The summed E-state index contributed by atoms with van der Waals surface area (Å²) >= 11 is 3.42. The lowest BCUT2D eigenvalue weighted by Crippen LogP contribution is -2.51. The first-order valence-corrected chi connectivity index (χ1v) is 6.56. The van der Waals surface area contributed by atoms with Crippen molar-refractivity contribution in [2.24, 2.45) is 5.73 Å². The summed E-state index contributed by atoms with van der Waals surface area (Å²) in [6.07, 6.45) is 0.864. The summed E-state index contributed by atoms with van der Waals surface area (Å²) in [5.74, 6) is 0.0513. The molecule has 4 heteroatoms. The Morgan fingerprint density at radius 2 is 2.12 bits per heavy atom. The first kappa shape index (κ1) is 12.6. The number of rotatable bonds is 1. The Morgan fingerprint density at radius 1 is 1.47 bits per heavy atom. The Bertz CT molecular complexity index is 445. The molecule has 1 aromatic carbocycles. The van der Waals surface area contributed by atoms with E-state index in [2.05, 4.69) is 15.9 Å². The number of halogens is 1. The lowest BCUT2D eigenvalue weighted by atomic mass is 9.96. The Labute approximate surface area is 110 Å². The Morgan fingerprint density at radius 3 is 2.65 bits per heavy atom. The second kappa shape index (κ2) is 4.42. The van der Waals surface area contributed by atoms with E-state index in [1.165, 1.54) is 0 Å². The largest absolute Gasteiger partial charge is 0.332 e. The van der Waals surface area contributed by atoms with Gasteiger partial charge in [-0.2, -0.15) is 0 Å². The molecule has 1 unspecified atom stereocenters. The summed E-state index contributed by atoms with van der Waals surface area (Å²) in [4.78, 5) is 14.3. The quantitative estimate of drug-likeness (QED) is 0.865. The third-order valence-electron chi connectivity index (χ3n) is 3.62. The molecule has 1 aliphatic heterocycles. The van der Waals surface area contributed by atoms with Gasteiger partial charge in [0.2, 0.25) is 0 Å². The smallest absolute Gasteiger partial charge is 0.255 e. The Balaban J connectivity index is 2.31. The number of nitrogens with two attached hydrogens (primary N) is 1. The van der Waals surface area contributed by atoms with E-state index in [1.54, 1.807) is 0 Å². The number of nitrogens with zero attached hydrogens (tertiary/aromatic N) is 1. The van der Waals surface area contributed by atoms with E-state index in [4.69, 9.17) is 5.73 Å². The monoisotopic (exact) mass is 296 g/mol. The van der Waals surface area contributed by atoms with E-state index >= 15 is 0 Å². The van der Waals surface area contributed by atoms with Gasteiger partial charge >= 0.3 is 0 Å².